The van der Waals surface area contributed by atoms with Crippen LogP contribution in [0.25, 0.3) is 11.1 Å². The van der Waals surface area contributed by atoms with E-state index in [0.717, 1.165) is 35.2 Å². The first-order chi connectivity index (χ1) is 13.3. The minimum Gasteiger partial charge on any atom is -0.494 e. The van der Waals surface area contributed by atoms with E-state index < -0.39 is 0 Å². The minimum absolute atomic E-state index is 0.688. The van der Waals surface area contributed by atoms with Gasteiger partial charge in [-0.25, -0.2) is 0 Å². The third-order valence-corrected chi connectivity index (χ3v) is 5.31. The lowest BCUT2D eigenvalue weighted by Crippen LogP contribution is -1.97. The maximum Gasteiger partial charge on any atom is 0.119 e. The summed E-state index contributed by atoms with van der Waals surface area (Å²) in [6.45, 7) is 0.793. The second kappa shape index (κ2) is 13.4. The summed E-state index contributed by atoms with van der Waals surface area (Å²) in [7, 11) is 0. The first-order valence-corrected chi connectivity index (χ1v) is 11.2. The van der Waals surface area contributed by atoms with E-state index in [0.29, 0.717) is 5.56 Å². The van der Waals surface area contributed by atoms with Crippen LogP contribution in [0.2, 0.25) is 0 Å². The van der Waals surface area contributed by atoms with Gasteiger partial charge < -0.3 is 4.74 Å². The largest absolute Gasteiger partial charge is 0.494 e. The Labute approximate surface area is 172 Å². The Hall–Kier alpha value is -1.79. The predicted octanol–water partition coefficient (Wildman–Crippen LogP) is 7.51. The highest BCUT2D eigenvalue weighted by Crippen LogP contribution is 2.23. The van der Waals surface area contributed by atoms with E-state index in [1.165, 1.54) is 51.4 Å². The molecule has 0 aliphatic rings. The number of hydrogen-bond acceptors (Lipinski definition) is 2. The van der Waals surface area contributed by atoms with Crippen LogP contribution < -0.4 is 4.74 Å². The molecule has 2 rings (SSSR count). The van der Waals surface area contributed by atoms with E-state index in [2.05, 4.69) is 34.1 Å². The molecule has 0 spiro atoms. The van der Waals surface area contributed by atoms with Crippen LogP contribution in [-0.2, 0) is 0 Å². The number of alkyl halides is 1. The Morgan fingerprint density at radius 2 is 1.15 bits per heavy atom. The normalized spacial score (nSPS) is 10.5. The number of unbranched alkanes of at least 4 members (excludes halogenated alkanes) is 8. The number of halogens is 1. The van der Waals surface area contributed by atoms with Gasteiger partial charge in [-0.1, -0.05) is 85.1 Å². The fourth-order valence-electron chi connectivity index (χ4n) is 3.10. The predicted molar refractivity (Wildman–Crippen MR) is 117 cm³/mol. The summed E-state index contributed by atoms with van der Waals surface area (Å²) in [5.74, 6) is 0.930. The SMILES string of the molecule is N#Cc1ccc(-c2ccc(OCCCCCCCCCCCBr)cc2)cc1. The Bertz CT molecular complexity index is 673. The lowest BCUT2D eigenvalue weighted by Gasteiger charge is -2.08. The van der Waals surface area contributed by atoms with Gasteiger partial charge in [0, 0.05) is 5.33 Å². The molecule has 3 heteroatoms. The smallest absolute Gasteiger partial charge is 0.119 e. The van der Waals surface area contributed by atoms with Crippen molar-refractivity contribution in [1.82, 2.24) is 0 Å². The molecule has 27 heavy (non-hydrogen) atoms. The van der Waals surface area contributed by atoms with Crippen molar-refractivity contribution < 1.29 is 4.74 Å². The molecule has 0 aliphatic carbocycles. The van der Waals surface area contributed by atoms with Gasteiger partial charge in [0.05, 0.1) is 18.2 Å². The first-order valence-electron chi connectivity index (χ1n) is 10.1. The van der Waals surface area contributed by atoms with Crippen molar-refractivity contribution in [1.29, 1.82) is 5.26 Å². The van der Waals surface area contributed by atoms with Gasteiger partial charge in [-0.2, -0.15) is 5.26 Å². The molecule has 0 N–H and O–H groups in total. The van der Waals surface area contributed by atoms with Gasteiger partial charge in [-0.05, 0) is 48.2 Å². The highest BCUT2D eigenvalue weighted by atomic mass is 79.9. The monoisotopic (exact) mass is 427 g/mol. The van der Waals surface area contributed by atoms with Crippen LogP contribution in [0, 0.1) is 11.3 Å². The van der Waals surface area contributed by atoms with E-state index in [1.807, 2.05) is 36.4 Å². The van der Waals surface area contributed by atoms with Gasteiger partial charge in [-0.15, -0.1) is 0 Å². The number of benzene rings is 2. The molecule has 0 aromatic heterocycles. The van der Waals surface area contributed by atoms with Crippen molar-refractivity contribution in [2.45, 2.75) is 57.8 Å². The molecule has 0 radical (unpaired) electrons. The topological polar surface area (TPSA) is 33.0 Å². The molecule has 0 unspecified atom stereocenters. The quantitative estimate of drug-likeness (QED) is 0.244. The molecule has 0 heterocycles. The average Bonchev–Trinajstić information content (AvgIpc) is 2.72. The summed E-state index contributed by atoms with van der Waals surface area (Å²) in [6.07, 6.45) is 11.9. The molecular formula is C24H30BrNO. The van der Waals surface area contributed by atoms with Crippen molar-refractivity contribution in [3.05, 3.63) is 54.1 Å². The molecule has 2 nitrogen and oxygen atoms in total. The van der Waals surface area contributed by atoms with E-state index in [1.54, 1.807) is 0 Å². The number of nitrogens with zero attached hydrogens (tertiary/aromatic N) is 1. The second-order valence-electron chi connectivity index (χ2n) is 6.93. The van der Waals surface area contributed by atoms with Crippen molar-refractivity contribution in [2.24, 2.45) is 0 Å². The lowest BCUT2D eigenvalue weighted by molar-refractivity contribution is 0.304. The summed E-state index contributed by atoms with van der Waals surface area (Å²) in [5.41, 5.74) is 2.95. The van der Waals surface area contributed by atoms with Gasteiger partial charge in [0.1, 0.15) is 5.75 Å². The van der Waals surface area contributed by atoms with Crippen molar-refractivity contribution in [3.63, 3.8) is 0 Å². The maximum atomic E-state index is 8.87. The zero-order chi connectivity index (χ0) is 19.2. The van der Waals surface area contributed by atoms with Crippen LogP contribution in [-0.4, -0.2) is 11.9 Å². The second-order valence-corrected chi connectivity index (χ2v) is 7.73. The molecule has 2 aromatic carbocycles. The summed E-state index contributed by atoms with van der Waals surface area (Å²) >= 11 is 3.48. The van der Waals surface area contributed by atoms with Gasteiger partial charge >= 0.3 is 0 Å². The summed E-state index contributed by atoms with van der Waals surface area (Å²) < 4.78 is 5.86. The average molecular weight is 428 g/mol. The molecule has 0 saturated carbocycles. The highest BCUT2D eigenvalue weighted by Gasteiger charge is 2.00. The fourth-order valence-corrected chi connectivity index (χ4v) is 3.50. The van der Waals surface area contributed by atoms with Gasteiger partial charge in [0.15, 0.2) is 0 Å². The Morgan fingerprint density at radius 1 is 0.667 bits per heavy atom. The number of hydrogen-bond donors (Lipinski definition) is 0. The number of ether oxygens (including phenoxy) is 1. The first kappa shape index (κ1) is 21.5. The Balaban J connectivity index is 1.57. The minimum atomic E-state index is 0.688. The van der Waals surface area contributed by atoms with Crippen LogP contribution in [0.4, 0.5) is 0 Å². The highest BCUT2D eigenvalue weighted by molar-refractivity contribution is 9.09. The van der Waals surface area contributed by atoms with Crippen LogP contribution in [0.1, 0.15) is 63.4 Å². The molecule has 0 fully saturated rings. The van der Waals surface area contributed by atoms with Crippen LogP contribution in [0.5, 0.6) is 5.75 Å². The summed E-state index contributed by atoms with van der Waals surface area (Å²) in [6, 6.07) is 18.0. The van der Waals surface area contributed by atoms with E-state index in [9.17, 15) is 0 Å². The molecule has 144 valence electrons. The number of rotatable bonds is 13. The van der Waals surface area contributed by atoms with Gasteiger partial charge in [0.25, 0.3) is 0 Å². The molecule has 0 aliphatic heterocycles. The molecule has 0 bridgehead atoms. The molecular weight excluding hydrogens is 398 g/mol. The van der Waals surface area contributed by atoms with Crippen molar-refractivity contribution >= 4 is 15.9 Å². The third-order valence-electron chi connectivity index (χ3n) is 4.75. The Kier molecular flexibility index (Phi) is 10.7. The summed E-state index contributed by atoms with van der Waals surface area (Å²) in [4.78, 5) is 0. The third kappa shape index (κ3) is 8.63. The standard InChI is InChI=1S/C24H30BrNO/c25-18-8-6-4-2-1-3-5-7-9-19-27-24-16-14-23(15-17-24)22-12-10-21(20-26)11-13-22/h10-17H,1-9,18-19H2. The zero-order valence-electron chi connectivity index (χ0n) is 16.1. The fraction of sp³-hybridized carbons (Fsp3) is 0.458. The molecule has 0 atom stereocenters. The zero-order valence-corrected chi connectivity index (χ0v) is 17.7. The number of nitriles is 1. The van der Waals surface area contributed by atoms with Crippen LogP contribution in [0.15, 0.2) is 48.5 Å². The molecule has 0 saturated heterocycles. The van der Waals surface area contributed by atoms with Gasteiger partial charge in [-0.3, -0.25) is 0 Å². The van der Waals surface area contributed by atoms with E-state index >= 15 is 0 Å². The van der Waals surface area contributed by atoms with Crippen LogP contribution in [0.3, 0.4) is 0 Å². The maximum absolute atomic E-state index is 8.87. The molecule has 2 aromatic rings. The van der Waals surface area contributed by atoms with Crippen molar-refractivity contribution in [3.8, 4) is 22.9 Å². The molecule has 0 amide bonds. The summed E-state index contributed by atoms with van der Waals surface area (Å²) in [5, 5.41) is 10.0. The van der Waals surface area contributed by atoms with E-state index in [-0.39, 0.29) is 0 Å². The lowest BCUT2D eigenvalue weighted by atomic mass is 10.0. The van der Waals surface area contributed by atoms with Gasteiger partial charge in [0.2, 0.25) is 0 Å². The van der Waals surface area contributed by atoms with Crippen LogP contribution >= 0.6 is 15.9 Å². The van der Waals surface area contributed by atoms with Crippen molar-refractivity contribution in [2.75, 3.05) is 11.9 Å². The van der Waals surface area contributed by atoms with E-state index in [4.69, 9.17) is 10.00 Å². The Morgan fingerprint density at radius 3 is 1.67 bits per heavy atom.